The number of hydrogen-bond donors (Lipinski definition) is 0. The average molecular weight is 239 g/mol. The molecule has 0 fully saturated rings. The molecule has 1 atom stereocenters. The fourth-order valence-electron chi connectivity index (χ4n) is 1.82. The van der Waals surface area contributed by atoms with E-state index in [0.29, 0.717) is 0 Å². The Bertz CT molecular complexity index is 276. The van der Waals surface area contributed by atoms with Gasteiger partial charge in [-0.25, -0.2) is 0 Å². The summed E-state index contributed by atoms with van der Waals surface area (Å²) in [5, 5.41) is 0.195. The molecule has 0 spiro atoms. The fourth-order valence-corrected chi connectivity index (χ4v) is 2.12. The van der Waals surface area contributed by atoms with E-state index in [1.165, 1.54) is 43.2 Å². The maximum absolute atomic E-state index is 6.34. The summed E-state index contributed by atoms with van der Waals surface area (Å²) in [6.45, 7) is 4.44. The lowest BCUT2D eigenvalue weighted by atomic mass is 10.0. The van der Waals surface area contributed by atoms with Gasteiger partial charge in [0.1, 0.15) is 0 Å². The molecule has 0 nitrogen and oxygen atoms in total. The predicted molar refractivity (Wildman–Crippen MR) is 73.2 cm³/mol. The van der Waals surface area contributed by atoms with E-state index in [2.05, 4.69) is 38.1 Å². The molecule has 0 amide bonds. The molecular formula is C15H23Cl. The minimum atomic E-state index is 0.195. The van der Waals surface area contributed by atoms with E-state index in [4.69, 9.17) is 11.6 Å². The third-order valence-corrected chi connectivity index (χ3v) is 3.44. The molecule has 16 heavy (non-hydrogen) atoms. The number of halogens is 1. The zero-order chi connectivity index (χ0) is 11.8. The van der Waals surface area contributed by atoms with Crippen LogP contribution in [0.2, 0.25) is 0 Å². The Labute approximate surface area is 105 Å². The first-order chi connectivity index (χ1) is 7.77. The van der Waals surface area contributed by atoms with Crippen LogP contribution >= 0.6 is 11.6 Å². The van der Waals surface area contributed by atoms with E-state index in [0.717, 1.165) is 6.42 Å². The van der Waals surface area contributed by atoms with Crippen LogP contribution < -0.4 is 0 Å². The highest BCUT2D eigenvalue weighted by Gasteiger charge is 2.06. The van der Waals surface area contributed by atoms with Crippen LogP contribution in [0.1, 0.15) is 62.5 Å². The molecule has 1 heteroatoms. The first-order valence-corrected chi connectivity index (χ1v) is 6.94. The summed E-state index contributed by atoms with van der Waals surface area (Å²) >= 11 is 6.34. The van der Waals surface area contributed by atoms with Gasteiger partial charge in [0.05, 0.1) is 5.38 Å². The molecule has 1 rings (SSSR count). The van der Waals surface area contributed by atoms with Gasteiger partial charge < -0.3 is 0 Å². The summed E-state index contributed by atoms with van der Waals surface area (Å²) in [5.41, 5.74) is 2.71. The smallest absolute Gasteiger partial charge is 0.0585 e. The van der Waals surface area contributed by atoms with Crippen LogP contribution in [-0.4, -0.2) is 0 Å². The Balaban J connectivity index is 2.49. The number of rotatable bonds is 7. The van der Waals surface area contributed by atoms with Crippen molar-refractivity contribution in [3.63, 3.8) is 0 Å². The molecule has 1 unspecified atom stereocenters. The van der Waals surface area contributed by atoms with Gasteiger partial charge in [-0.2, -0.15) is 0 Å². The van der Waals surface area contributed by atoms with Crippen molar-refractivity contribution in [1.29, 1.82) is 0 Å². The summed E-state index contributed by atoms with van der Waals surface area (Å²) in [4.78, 5) is 0. The Hall–Kier alpha value is -0.490. The quantitative estimate of drug-likeness (QED) is 0.551. The molecule has 0 aliphatic carbocycles. The monoisotopic (exact) mass is 238 g/mol. The molecule has 0 N–H and O–H groups in total. The lowest BCUT2D eigenvalue weighted by Gasteiger charge is -2.09. The number of hydrogen-bond acceptors (Lipinski definition) is 0. The molecule has 1 aromatic rings. The first-order valence-electron chi connectivity index (χ1n) is 6.50. The van der Waals surface area contributed by atoms with Gasteiger partial charge in [0.15, 0.2) is 0 Å². The van der Waals surface area contributed by atoms with Crippen molar-refractivity contribution in [2.45, 2.75) is 57.7 Å². The summed E-state index contributed by atoms with van der Waals surface area (Å²) in [6, 6.07) is 8.84. The maximum Gasteiger partial charge on any atom is 0.0585 e. The van der Waals surface area contributed by atoms with Crippen molar-refractivity contribution in [1.82, 2.24) is 0 Å². The fraction of sp³-hybridized carbons (Fsp3) is 0.600. The van der Waals surface area contributed by atoms with Crippen molar-refractivity contribution in [2.75, 3.05) is 0 Å². The van der Waals surface area contributed by atoms with Crippen molar-refractivity contribution in [2.24, 2.45) is 0 Å². The van der Waals surface area contributed by atoms with Gasteiger partial charge in [0.25, 0.3) is 0 Å². The molecule has 0 heterocycles. The normalized spacial score (nSPS) is 12.7. The number of aryl methyl sites for hydroxylation is 1. The van der Waals surface area contributed by atoms with E-state index in [9.17, 15) is 0 Å². The van der Waals surface area contributed by atoms with Gasteiger partial charge in [-0.15, -0.1) is 11.6 Å². The highest BCUT2D eigenvalue weighted by molar-refractivity contribution is 6.20. The second-order valence-corrected chi connectivity index (χ2v) is 4.98. The van der Waals surface area contributed by atoms with Gasteiger partial charge in [0.2, 0.25) is 0 Å². The van der Waals surface area contributed by atoms with Gasteiger partial charge >= 0.3 is 0 Å². The lowest BCUT2D eigenvalue weighted by Crippen LogP contribution is -1.92. The van der Waals surface area contributed by atoms with Crippen LogP contribution in [0.25, 0.3) is 0 Å². The first kappa shape index (κ1) is 13.6. The topological polar surface area (TPSA) is 0 Å². The molecule has 0 radical (unpaired) electrons. The van der Waals surface area contributed by atoms with Crippen LogP contribution in [0.3, 0.4) is 0 Å². The van der Waals surface area contributed by atoms with Crippen LogP contribution in [0, 0.1) is 0 Å². The van der Waals surface area contributed by atoms with Crippen molar-refractivity contribution >= 4 is 11.6 Å². The summed E-state index contributed by atoms with van der Waals surface area (Å²) in [5.74, 6) is 0. The molecule has 0 aliphatic rings. The Morgan fingerprint density at radius 1 is 1.00 bits per heavy atom. The molecule has 0 aromatic heterocycles. The molecule has 90 valence electrons. The van der Waals surface area contributed by atoms with Gasteiger partial charge in [-0.1, -0.05) is 57.4 Å². The van der Waals surface area contributed by atoms with Gasteiger partial charge in [-0.05, 0) is 30.4 Å². The van der Waals surface area contributed by atoms with Crippen molar-refractivity contribution < 1.29 is 0 Å². The van der Waals surface area contributed by atoms with Crippen molar-refractivity contribution in [3.05, 3.63) is 35.4 Å². The third-order valence-electron chi connectivity index (χ3n) is 2.97. The Kier molecular flexibility index (Phi) is 6.56. The molecule has 1 aromatic carbocycles. The van der Waals surface area contributed by atoms with Crippen LogP contribution in [0.5, 0.6) is 0 Å². The Morgan fingerprint density at radius 2 is 1.62 bits per heavy atom. The summed E-state index contributed by atoms with van der Waals surface area (Å²) < 4.78 is 0. The van der Waals surface area contributed by atoms with Gasteiger partial charge in [-0.3, -0.25) is 0 Å². The predicted octanol–water partition coefficient (Wildman–Crippen LogP) is 5.50. The SMILES string of the molecule is CCCCc1ccc(C(Cl)CCCC)cc1. The largest absolute Gasteiger partial charge is 0.118 e. The van der Waals surface area contributed by atoms with E-state index < -0.39 is 0 Å². The van der Waals surface area contributed by atoms with E-state index in [-0.39, 0.29) is 5.38 Å². The lowest BCUT2D eigenvalue weighted by molar-refractivity contribution is 0.700. The highest BCUT2D eigenvalue weighted by Crippen LogP contribution is 2.26. The zero-order valence-electron chi connectivity index (χ0n) is 10.5. The summed E-state index contributed by atoms with van der Waals surface area (Å²) in [7, 11) is 0. The number of alkyl halides is 1. The maximum atomic E-state index is 6.34. The molecule has 0 bridgehead atoms. The minimum absolute atomic E-state index is 0.195. The van der Waals surface area contributed by atoms with Gasteiger partial charge in [0, 0.05) is 0 Å². The van der Waals surface area contributed by atoms with Crippen LogP contribution in [-0.2, 0) is 6.42 Å². The minimum Gasteiger partial charge on any atom is -0.118 e. The second kappa shape index (κ2) is 7.73. The molecule has 0 aliphatic heterocycles. The Morgan fingerprint density at radius 3 is 2.19 bits per heavy atom. The standard InChI is InChI=1S/C15H23Cl/c1-3-5-7-13-9-11-14(12-10-13)15(16)8-6-4-2/h9-12,15H,3-8H2,1-2H3. The average Bonchev–Trinajstić information content (AvgIpc) is 2.34. The summed E-state index contributed by atoms with van der Waals surface area (Å²) in [6.07, 6.45) is 7.25. The molecular weight excluding hydrogens is 216 g/mol. The second-order valence-electron chi connectivity index (χ2n) is 4.45. The van der Waals surface area contributed by atoms with E-state index in [1.807, 2.05) is 0 Å². The number of unbranched alkanes of at least 4 members (excludes halogenated alkanes) is 2. The highest BCUT2D eigenvalue weighted by atomic mass is 35.5. The number of benzene rings is 1. The molecule has 0 saturated heterocycles. The van der Waals surface area contributed by atoms with E-state index in [1.54, 1.807) is 0 Å². The van der Waals surface area contributed by atoms with Crippen LogP contribution in [0.4, 0.5) is 0 Å². The molecule has 0 saturated carbocycles. The zero-order valence-corrected chi connectivity index (χ0v) is 11.3. The van der Waals surface area contributed by atoms with E-state index >= 15 is 0 Å². The van der Waals surface area contributed by atoms with Crippen LogP contribution in [0.15, 0.2) is 24.3 Å². The van der Waals surface area contributed by atoms with Crippen molar-refractivity contribution in [3.8, 4) is 0 Å². The third kappa shape index (κ3) is 4.57.